The average molecular weight is 557 g/mol. The molecule has 4 aromatic rings. The van der Waals surface area contributed by atoms with Gasteiger partial charge in [0.1, 0.15) is 23.7 Å². The molecule has 41 heavy (non-hydrogen) atoms. The van der Waals surface area contributed by atoms with Crippen LogP contribution >= 0.6 is 0 Å². The van der Waals surface area contributed by atoms with Crippen molar-refractivity contribution in [1.82, 2.24) is 20.5 Å². The van der Waals surface area contributed by atoms with Crippen molar-refractivity contribution >= 4 is 6.09 Å². The van der Waals surface area contributed by atoms with Gasteiger partial charge in [0.05, 0.1) is 5.56 Å². The van der Waals surface area contributed by atoms with Crippen molar-refractivity contribution in [3.8, 4) is 28.8 Å². The number of hydrogen-bond donors (Lipinski definition) is 1. The molecular weight excluding hydrogens is 520 g/mol. The number of hydrogen-bond acceptors (Lipinski definition) is 8. The van der Waals surface area contributed by atoms with Crippen LogP contribution in [0, 0.1) is 6.92 Å². The molecule has 1 aliphatic rings. The Hall–Kier alpha value is -4.40. The predicted molar refractivity (Wildman–Crippen MR) is 154 cm³/mol. The van der Waals surface area contributed by atoms with Crippen molar-refractivity contribution in [3.05, 3.63) is 83.9 Å². The molecule has 9 nitrogen and oxygen atoms in total. The number of ether oxygens (including phenoxy) is 3. The first-order valence-corrected chi connectivity index (χ1v) is 13.8. The second-order valence-corrected chi connectivity index (χ2v) is 11.9. The van der Waals surface area contributed by atoms with E-state index in [1.807, 2.05) is 51.1 Å². The highest BCUT2D eigenvalue weighted by Gasteiger charge is 2.34. The topological polar surface area (TPSA) is 109 Å². The Balaban J connectivity index is 1.13. The summed E-state index contributed by atoms with van der Waals surface area (Å²) < 4.78 is 22.9. The van der Waals surface area contributed by atoms with Crippen molar-refractivity contribution in [2.75, 3.05) is 0 Å². The molecule has 0 atom stereocenters. The highest BCUT2D eigenvalue weighted by atomic mass is 16.6. The highest BCUT2D eigenvalue weighted by molar-refractivity contribution is 5.68. The molecule has 0 unspecified atom stereocenters. The summed E-state index contributed by atoms with van der Waals surface area (Å²) in [6.07, 6.45) is 2.59. The normalized spacial score (nSPS) is 16.9. The fraction of sp³-hybridized carbons (Fsp3) is 0.375. The summed E-state index contributed by atoms with van der Waals surface area (Å²) in [5.74, 6) is 2.91. The maximum Gasteiger partial charge on any atom is 0.407 e. The molecule has 2 aromatic heterocycles. The minimum atomic E-state index is -0.380. The Labute approximate surface area is 240 Å². The van der Waals surface area contributed by atoms with E-state index in [0.29, 0.717) is 36.3 Å². The Morgan fingerprint density at radius 3 is 2.02 bits per heavy atom. The standard InChI is InChI=1S/C32H36N4O5/c1-20-35-36-29(38-20)21-7-16-28(33-19-21)40-25-14-10-23(11-15-25)32(5,6)22-8-12-24(13-9-22)39-26-17-27(18-26)41-30(37)34-31(2,3)4/h7-16,19,26-27H,17-18H2,1-6H3,(H,34,37). The maximum absolute atomic E-state index is 11.9. The largest absolute Gasteiger partial charge is 0.490 e. The summed E-state index contributed by atoms with van der Waals surface area (Å²) >= 11 is 0. The lowest BCUT2D eigenvalue weighted by Gasteiger charge is -2.35. The van der Waals surface area contributed by atoms with Crippen LogP contribution in [0.5, 0.6) is 17.4 Å². The third kappa shape index (κ3) is 7.03. The Morgan fingerprint density at radius 1 is 0.854 bits per heavy atom. The van der Waals surface area contributed by atoms with Gasteiger partial charge in [-0.2, -0.15) is 0 Å². The number of carbonyl (C=O) groups excluding carboxylic acids is 1. The van der Waals surface area contributed by atoms with E-state index in [0.717, 1.165) is 16.9 Å². The molecule has 5 rings (SSSR count). The van der Waals surface area contributed by atoms with Crippen LogP contribution in [0.4, 0.5) is 4.79 Å². The number of aromatic nitrogens is 3. The number of aryl methyl sites for hydroxylation is 1. The summed E-state index contributed by atoms with van der Waals surface area (Å²) in [7, 11) is 0. The zero-order valence-corrected chi connectivity index (χ0v) is 24.3. The number of amides is 1. The minimum Gasteiger partial charge on any atom is -0.490 e. The molecular formula is C32H36N4O5. The van der Waals surface area contributed by atoms with Gasteiger partial charge in [-0.15, -0.1) is 10.2 Å². The van der Waals surface area contributed by atoms with Crippen molar-refractivity contribution in [1.29, 1.82) is 0 Å². The van der Waals surface area contributed by atoms with Crippen LogP contribution in [0.25, 0.3) is 11.5 Å². The van der Waals surface area contributed by atoms with Crippen molar-refractivity contribution in [3.63, 3.8) is 0 Å². The summed E-state index contributed by atoms with van der Waals surface area (Å²) in [6.45, 7) is 11.9. The number of pyridine rings is 1. The van der Waals surface area contributed by atoms with E-state index in [1.54, 1.807) is 19.2 Å². The van der Waals surface area contributed by atoms with Gasteiger partial charge in [-0.25, -0.2) is 9.78 Å². The van der Waals surface area contributed by atoms with E-state index < -0.39 is 0 Å². The lowest BCUT2D eigenvalue weighted by Crippen LogP contribution is -2.46. The molecule has 1 amide bonds. The van der Waals surface area contributed by atoms with Gasteiger partial charge in [0.2, 0.25) is 17.7 Å². The SMILES string of the molecule is Cc1nnc(-c2ccc(Oc3ccc(C(C)(C)c4ccc(OC5CC(OC(=O)NC(C)(C)C)C5)cc4)cc3)nc2)o1. The van der Waals surface area contributed by atoms with Crippen LogP contribution < -0.4 is 14.8 Å². The molecule has 2 heterocycles. The first-order chi connectivity index (χ1) is 19.4. The molecule has 9 heteroatoms. The van der Waals surface area contributed by atoms with Gasteiger partial charge in [0.15, 0.2) is 0 Å². The number of alkyl carbamates (subject to hydrolysis) is 1. The second-order valence-electron chi connectivity index (χ2n) is 11.9. The van der Waals surface area contributed by atoms with Crippen LogP contribution in [0.2, 0.25) is 0 Å². The van der Waals surface area contributed by atoms with Crippen LogP contribution in [0.15, 0.2) is 71.3 Å². The predicted octanol–water partition coefficient (Wildman–Crippen LogP) is 6.99. The molecule has 0 spiro atoms. The third-order valence-electron chi connectivity index (χ3n) is 6.99. The number of nitrogens with zero attached hydrogens (tertiary/aromatic N) is 3. The Bertz CT molecular complexity index is 1470. The molecule has 0 bridgehead atoms. The highest BCUT2D eigenvalue weighted by Crippen LogP contribution is 2.35. The van der Waals surface area contributed by atoms with Crippen molar-refractivity contribution in [2.45, 2.75) is 77.5 Å². The van der Waals surface area contributed by atoms with Crippen LogP contribution in [-0.2, 0) is 10.2 Å². The van der Waals surface area contributed by atoms with Gasteiger partial charge in [-0.05, 0) is 62.2 Å². The van der Waals surface area contributed by atoms with E-state index in [-0.39, 0.29) is 29.3 Å². The van der Waals surface area contributed by atoms with Gasteiger partial charge in [0, 0.05) is 43.0 Å². The molecule has 0 saturated heterocycles. The van der Waals surface area contributed by atoms with E-state index in [4.69, 9.17) is 18.6 Å². The summed E-state index contributed by atoms with van der Waals surface area (Å²) in [5.41, 5.74) is 2.51. The fourth-order valence-electron chi connectivity index (χ4n) is 4.55. The van der Waals surface area contributed by atoms with Crippen LogP contribution in [0.3, 0.4) is 0 Å². The van der Waals surface area contributed by atoms with Gasteiger partial charge >= 0.3 is 6.09 Å². The molecule has 1 aliphatic carbocycles. The smallest absolute Gasteiger partial charge is 0.407 e. The zero-order chi connectivity index (χ0) is 29.2. The molecule has 1 fully saturated rings. The number of nitrogens with one attached hydrogen (secondary N) is 1. The number of benzene rings is 2. The molecule has 1 N–H and O–H groups in total. The second kappa shape index (κ2) is 11.2. The summed E-state index contributed by atoms with van der Waals surface area (Å²) in [4.78, 5) is 16.3. The van der Waals surface area contributed by atoms with Gasteiger partial charge in [-0.3, -0.25) is 0 Å². The average Bonchev–Trinajstić information content (AvgIpc) is 3.33. The van der Waals surface area contributed by atoms with Gasteiger partial charge < -0.3 is 23.9 Å². The number of rotatable bonds is 8. The Kier molecular flexibility index (Phi) is 7.71. The lowest BCUT2D eigenvalue weighted by molar-refractivity contribution is -0.0243. The molecule has 2 aromatic carbocycles. The summed E-state index contributed by atoms with van der Waals surface area (Å²) in [5, 5.41) is 10.7. The van der Waals surface area contributed by atoms with Crippen LogP contribution in [-0.4, -0.2) is 39.0 Å². The molecule has 1 saturated carbocycles. The lowest BCUT2D eigenvalue weighted by atomic mass is 9.78. The first-order valence-electron chi connectivity index (χ1n) is 13.8. The van der Waals surface area contributed by atoms with Crippen molar-refractivity contribution in [2.24, 2.45) is 0 Å². The van der Waals surface area contributed by atoms with E-state index in [9.17, 15) is 4.79 Å². The maximum atomic E-state index is 11.9. The zero-order valence-electron chi connectivity index (χ0n) is 24.3. The quantitative estimate of drug-likeness (QED) is 0.247. The van der Waals surface area contributed by atoms with E-state index in [1.165, 1.54) is 5.56 Å². The van der Waals surface area contributed by atoms with Crippen LogP contribution in [0.1, 0.15) is 64.5 Å². The van der Waals surface area contributed by atoms with Gasteiger partial charge in [0.25, 0.3) is 0 Å². The first kappa shape index (κ1) is 28.1. The molecule has 214 valence electrons. The summed E-state index contributed by atoms with van der Waals surface area (Å²) in [6, 6.07) is 19.8. The van der Waals surface area contributed by atoms with E-state index in [2.05, 4.69) is 58.6 Å². The molecule has 0 radical (unpaired) electrons. The Morgan fingerprint density at radius 2 is 1.49 bits per heavy atom. The minimum absolute atomic E-state index is 0.0440. The van der Waals surface area contributed by atoms with Crippen molar-refractivity contribution < 1.29 is 23.4 Å². The fourth-order valence-corrected chi connectivity index (χ4v) is 4.55. The molecule has 0 aliphatic heterocycles. The van der Waals surface area contributed by atoms with E-state index >= 15 is 0 Å². The van der Waals surface area contributed by atoms with Gasteiger partial charge in [-0.1, -0.05) is 38.1 Å². The third-order valence-corrected chi connectivity index (χ3v) is 6.99. The number of carbonyl (C=O) groups is 1. The monoisotopic (exact) mass is 556 g/mol.